The molecule has 1 N–H and O–H groups in total. The third kappa shape index (κ3) is 3.49. The van der Waals surface area contributed by atoms with Gasteiger partial charge in [-0.15, -0.1) is 0 Å². The van der Waals surface area contributed by atoms with Crippen LogP contribution in [0.2, 0.25) is 0 Å². The summed E-state index contributed by atoms with van der Waals surface area (Å²) in [5.41, 5.74) is 3.13. The number of thiazole rings is 1. The quantitative estimate of drug-likeness (QED) is 0.946. The van der Waals surface area contributed by atoms with Gasteiger partial charge in [0.2, 0.25) is 5.91 Å². The Hall–Kier alpha value is -2.15. The van der Waals surface area contributed by atoms with Crippen LogP contribution in [0.15, 0.2) is 12.1 Å². The predicted octanol–water partition coefficient (Wildman–Crippen LogP) is 2.55. The average Bonchev–Trinajstić information content (AvgIpc) is 2.79. The SMILES string of the molecule is COC(=O)N(C)CC(=O)Nc1nc2c(C)cc(C)cc2s1. The van der Waals surface area contributed by atoms with Crippen LogP contribution in [0.1, 0.15) is 11.1 Å². The van der Waals surface area contributed by atoms with E-state index >= 15 is 0 Å². The number of aromatic nitrogens is 1. The van der Waals surface area contributed by atoms with Crippen molar-refractivity contribution in [3.63, 3.8) is 0 Å². The van der Waals surface area contributed by atoms with Crippen LogP contribution < -0.4 is 5.32 Å². The van der Waals surface area contributed by atoms with Gasteiger partial charge in [-0.25, -0.2) is 9.78 Å². The molecule has 7 heteroatoms. The molecule has 0 aliphatic rings. The molecule has 2 aromatic rings. The van der Waals surface area contributed by atoms with Crippen molar-refractivity contribution in [2.45, 2.75) is 13.8 Å². The predicted molar refractivity (Wildman–Crippen MR) is 82.8 cm³/mol. The highest BCUT2D eigenvalue weighted by Gasteiger charge is 2.15. The van der Waals surface area contributed by atoms with Crippen LogP contribution in [0.25, 0.3) is 10.2 Å². The topological polar surface area (TPSA) is 71.5 Å². The lowest BCUT2D eigenvalue weighted by Crippen LogP contribution is -2.34. The Morgan fingerprint density at radius 1 is 1.38 bits per heavy atom. The summed E-state index contributed by atoms with van der Waals surface area (Å²) in [7, 11) is 2.77. The van der Waals surface area contributed by atoms with Crippen molar-refractivity contribution in [3.8, 4) is 0 Å². The first-order chi connectivity index (χ1) is 9.90. The molecule has 2 rings (SSSR count). The zero-order chi connectivity index (χ0) is 15.6. The van der Waals surface area contributed by atoms with Crippen molar-refractivity contribution in [1.82, 2.24) is 9.88 Å². The van der Waals surface area contributed by atoms with Gasteiger partial charge in [0.05, 0.1) is 17.3 Å². The first-order valence-electron chi connectivity index (χ1n) is 6.37. The van der Waals surface area contributed by atoms with E-state index in [0.717, 1.165) is 21.3 Å². The molecular weight excluding hydrogens is 290 g/mol. The van der Waals surface area contributed by atoms with Gasteiger partial charge in [0.1, 0.15) is 6.54 Å². The van der Waals surface area contributed by atoms with Crippen molar-refractivity contribution in [3.05, 3.63) is 23.3 Å². The van der Waals surface area contributed by atoms with E-state index in [9.17, 15) is 9.59 Å². The summed E-state index contributed by atoms with van der Waals surface area (Å²) in [5.74, 6) is -0.309. The number of benzene rings is 1. The fraction of sp³-hybridized carbons (Fsp3) is 0.357. The lowest BCUT2D eigenvalue weighted by atomic mass is 10.1. The van der Waals surface area contributed by atoms with E-state index in [1.54, 1.807) is 0 Å². The number of likely N-dealkylation sites (N-methyl/N-ethyl adjacent to an activating group) is 1. The second-order valence-electron chi connectivity index (χ2n) is 4.82. The maximum Gasteiger partial charge on any atom is 0.409 e. The average molecular weight is 307 g/mol. The zero-order valence-electron chi connectivity index (χ0n) is 12.4. The summed E-state index contributed by atoms with van der Waals surface area (Å²) >= 11 is 1.42. The molecule has 0 bridgehead atoms. The summed E-state index contributed by atoms with van der Waals surface area (Å²) in [6.45, 7) is 3.93. The largest absolute Gasteiger partial charge is 0.453 e. The lowest BCUT2D eigenvalue weighted by molar-refractivity contribution is -0.116. The summed E-state index contributed by atoms with van der Waals surface area (Å²) in [6.07, 6.45) is -0.555. The monoisotopic (exact) mass is 307 g/mol. The Morgan fingerprint density at radius 3 is 2.76 bits per heavy atom. The van der Waals surface area contributed by atoms with Gasteiger partial charge >= 0.3 is 6.09 Å². The number of nitrogens with zero attached hydrogens (tertiary/aromatic N) is 2. The van der Waals surface area contributed by atoms with Gasteiger partial charge in [-0.1, -0.05) is 17.4 Å². The number of aryl methyl sites for hydroxylation is 2. The van der Waals surface area contributed by atoms with E-state index in [4.69, 9.17) is 0 Å². The molecule has 1 aromatic heterocycles. The fourth-order valence-corrected chi connectivity index (χ4v) is 3.08. The number of carbonyl (C=O) groups excluding carboxylic acids is 2. The maximum absolute atomic E-state index is 11.9. The highest BCUT2D eigenvalue weighted by Crippen LogP contribution is 2.29. The van der Waals surface area contributed by atoms with Crippen molar-refractivity contribution in [2.24, 2.45) is 0 Å². The second-order valence-corrected chi connectivity index (χ2v) is 5.85. The number of hydrogen-bond donors (Lipinski definition) is 1. The number of anilines is 1. The number of fused-ring (bicyclic) bond motifs is 1. The van der Waals surface area contributed by atoms with Crippen LogP contribution in [0, 0.1) is 13.8 Å². The molecule has 0 atom stereocenters. The Kier molecular flexibility index (Phi) is 4.42. The fourth-order valence-electron chi connectivity index (χ4n) is 2.02. The number of methoxy groups -OCH3 is 1. The van der Waals surface area contributed by atoms with Gasteiger partial charge in [-0.3, -0.25) is 4.79 Å². The highest BCUT2D eigenvalue weighted by molar-refractivity contribution is 7.22. The van der Waals surface area contributed by atoms with Crippen molar-refractivity contribution >= 4 is 38.7 Å². The molecule has 1 aromatic carbocycles. The van der Waals surface area contributed by atoms with Gasteiger partial charge in [0.15, 0.2) is 5.13 Å². The molecule has 0 spiro atoms. The van der Waals surface area contributed by atoms with Crippen molar-refractivity contribution in [1.29, 1.82) is 0 Å². The first-order valence-corrected chi connectivity index (χ1v) is 7.19. The smallest absolute Gasteiger partial charge is 0.409 e. The minimum Gasteiger partial charge on any atom is -0.453 e. The molecule has 0 aliphatic heterocycles. The number of carbonyl (C=O) groups is 2. The van der Waals surface area contributed by atoms with Crippen LogP contribution >= 0.6 is 11.3 Å². The summed E-state index contributed by atoms with van der Waals surface area (Å²) in [6, 6.07) is 4.09. The summed E-state index contributed by atoms with van der Waals surface area (Å²) in [5, 5.41) is 3.24. The standard InChI is InChI=1S/C14H17N3O3S/c1-8-5-9(2)12-10(6-8)21-13(16-12)15-11(18)7-17(3)14(19)20-4/h5-6H,7H2,1-4H3,(H,15,16,18). The Morgan fingerprint density at radius 2 is 2.10 bits per heavy atom. The molecule has 0 unspecified atom stereocenters. The Balaban J connectivity index is 2.11. The van der Waals surface area contributed by atoms with E-state index in [0.29, 0.717) is 5.13 Å². The van der Waals surface area contributed by atoms with E-state index in [2.05, 4.69) is 21.1 Å². The van der Waals surface area contributed by atoms with E-state index in [-0.39, 0.29) is 12.5 Å². The third-order valence-electron chi connectivity index (χ3n) is 2.94. The van der Waals surface area contributed by atoms with Crippen LogP contribution in [-0.2, 0) is 9.53 Å². The number of nitrogens with one attached hydrogen (secondary N) is 1. The molecule has 0 saturated carbocycles. The molecule has 1 heterocycles. The summed E-state index contributed by atoms with van der Waals surface area (Å²) in [4.78, 5) is 28.7. The molecular formula is C14H17N3O3S. The van der Waals surface area contributed by atoms with E-state index in [1.165, 1.54) is 30.4 Å². The number of amides is 2. The van der Waals surface area contributed by atoms with Crippen LogP contribution in [0.5, 0.6) is 0 Å². The van der Waals surface area contributed by atoms with Gasteiger partial charge in [-0.05, 0) is 31.0 Å². The number of ether oxygens (including phenoxy) is 1. The highest BCUT2D eigenvalue weighted by atomic mass is 32.1. The molecule has 0 radical (unpaired) electrons. The molecule has 2 amide bonds. The van der Waals surface area contributed by atoms with Crippen LogP contribution in [0.3, 0.4) is 0 Å². The zero-order valence-corrected chi connectivity index (χ0v) is 13.2. The summed E-state index contributed by atoms with van der Waals surface area (Å²) < 4.78 is 5.57. The second kappa shape index (κ2) is 6.09. The van der Waals surface area contributed by atoms with E-state index < -0.39 is 6.09 Å². The van der Waals surface area contributed by atoms with Crippen molar-refractivity contribution in [2.75, 3.05) is 26.0 Å². The molecule has 0 aliphatic carbocycles. The minimum atomic E-state index is -0.555. The minimum absolute atomic E-state index is 0.0827. The lowest BCUT2D eigenvalue weighted by Gasteiger charge is -2.13. The first kappa shape index (κ1) is 15.2. The third-order valence-corrected chi connectivity index (χ3v) is 3.86. The van der Waals surface area contributed by atoms with Gasteiger partial charge in [0, 0.05) is 7.05 Å². The van der Waals surface area contributed by atoms with Gasteiger partial charge in [-0.2, -0.15) is 0 Å². The van der Waals surface area contributed by atoms with Crippen LogP contribution in [-0.4, -0.2) is 42.6 Å². The Bertz CT molecular complexity index is 696. The maximum atomic E-state index is 11.9. The number of rotatable bonds is 3. The number of hydrogen-bond acceptors (Lipinski definition) is 5. The molecule has 112 valence electrons. The molecule has 6 nitrogen and oxygen atoms in total. The molecule has 0 saturated heterocycles. The molecule has 21 heavy (non-hydrogen) atoms. The normalized spacial score (nSPS) is 10.5. The van der Waals surface area contributed by atoms with Gasteiger partial charge in [0.25, 0.3) is 0 Å². The van der Waals surface area contributed by atoms with Crippen LogP contribution in [0.4, 0.5) is 9.93 Å². The molecule has 0 fully saturated rings. The Labute approximate surface area is 126 Å². The van der Waals surface area contributed by atoms with Gasteiger partial charge < -0.3 is 15.0 Å². The van der Waals surface area contributed by atoms with E-state index in [1.807, 2.05) is 19.9 Å². The van der Waals surface area contributed by atoms with Crippen molar-refractivity contribution < 1.29 is 14.3 Å².